The molecule has 0 aromatic rings. The molecule has 0 spiro atoms. The molecule has 6 heteroatoms. The maximum Gasteiger partial charge on any atom is 0.266 e. The minimum absolute atomic E-state index is 0.244. The molecule has 0 aliphatic heterocycles. The molecule has 2 N–H and O–H groups in total. The van der Waals surface area contributed by atoms with Crippen LogP contribution in [0.1, 0.15) is 77.6 Å². The van der Waals surface area contributed by atoms with E-state index in [2.05, 4.69) is 6.92 Å². The van der Waals surface area contributed by atoms with Gasteiger partial charge in [-0.1, -0.05) is 71.1 Å². The fraction of sp³-hybridized carbons (Fsp3) is 1.00. The van der Waals surface area contributed by atoms with Crippen LogP contribution >= 0.6 is 0 Å². The molecule has 0 rings (SSSR count). The van der Waals surface area contributed by atoms with Crippen LogP contribution in [0.5, 0.6) is 0 Å². The zero-order chi connectivity index (χ0) is 17.6. The number of likely N-dealkylation sites (N-methyl/N-ethyl adjacent to an activating group) is 1. The van der Waals surface area contributed by atoms with Gasteiger partial charge in [0.1, 0.15) is 0 Å². The van der Waals surface area contributed by atoms with Crippen molar-refractivity contribution in [3.8, 4) is 0 Å². The number of hydrogen-bond donors (Lipinski definition) is 2. The fourth-order valence-electron chi connectivity index (χ4n) is 2.68. The first kappa shape index (κ1) is 22.8. The van der Waals surface area contributed by atoms with Gasteiger partial charge >= 0.3 is 0 Å². The molecule has 0 aromatic carbocycles. The highest BCUT2D eigenvalue weighted by Crippen LogP contribution is 2.12. The van der Waals surface area contributed by atoms with Crippen LogP contribution in [0.4, 0.5) is 0 Å². The number of aliphatic hydroxyl groups is 1. The summed E-state index contributed by atoms with van der Waals surface area (Å²) in [4.78, 5) is 1.74. The maximum atomic E-state index is 10.7. The molecule has 0 aliphatic rings. The zero-order valence-electron chi connectivity index (χ0n) is 15.0. The summed E-state index contributed by atoms with van der Waals surface area (Å²) >= 11 is 0. The van der Waals surface area contributed by atoms with Gasteiger partial charge in [0.2, 0.25) is 0 Å². The number of aliphatic hydroxyl groups excluding tert-OH is 1. The van der Waals surface area contributed by atoms with E-state index in [0.717, 1.165) is 19.3 Å². The van der Waals surface area contributed by atoms with E-state index in [9.17, 15) is 13.5 Å². The highest BCUT2D eigenvalue weighted by atomic mass is 32.2. The Morgan fingerprint density at radius 1 is 0.913 bits per heavy atom. The van der Waals surface area contributed by atoms with Crippen molar-refractivity contribution in [1.29, 1.82) is 0 Å². The molecule has 0 saturated carbocycles. The summed E-state index contributed by atoms with van der Waals surface area (Å²) < 4.78 is 30.0. The van der Waals surface area contributed by atoms with Crippen molar-refractivity contribution in [3.63, 3.8) is 0 Å². The Bertz CT molecular complexity index is 360. The van der Waals surface area contributed by atoms with Crippen LogP contribution in [0.2, 0.25) is 0 Å². The van der Waals surface area contributed by atoms with Gasteiger partial charge in [-0.3, -0.25) is 4.55 Å². The standard InChI is InChI=1S/C17H37NO4S/c1-3-4-5-6-7-8-9-10-11-12-13-17(19)16-18(2)14-15-23(20,21)22/h17,19H,3-16H2,1-2H3,(H,20,21,22). The van der Waals surface area contributed by atoms with Gasteiger partial charge in [-0.2, -0.15) is 8.42 Å². The van der Waals surface area contributed by atoms with Gasteiger partial charge in [-0.25, -0.2) is 0 Å². The molecular weight excluding hydrogens is 314 g/mol. The average Bonchev–Trinajstić information content (AvgIpc) is 2.46. The second kappa shape index (κ2) is 14.2. The van der Waals surface area contributed by atoms with Crippen LogP contribution in [0.25, 0.3) is 0 Å². The largest absolute Gasteiger partial charge is 0.392 e. The molecule has 0 heterocycles. The SMILES string of the molecule is CCCCCCCCCCCCC(O)CN(C)CCS(=O)(=O)O. The summed E-state index contributed by atoms with van der Waals surface area (Å²) in [6, 6.07) is 0. The lowest BCUT2D eigenvalue weighted by atomic mass is 10.0. The molecule has 23 heavy (non-hydrogen) atoms. The predicted molar refractivity (Wildman–Crippen MR) is 96.4 cm³/mol. The zero-order valence-corrected chi connectivity index (χ0v) is 15.9. The Morgan fingerprint density at radius 3 is 1.87 bits per heavy atom. The van der Waals surface area contributed by atoms with E-state index in [4.69, 9.17) is 4.55 Å². The Kier molecular flexibility index (Phi) is 14.1. The van der Waals surface area contributed by atoms with Crippen molar-refractivity contribution >= 4 is 10.1 Å². The van der Waals surface area contributed by atoms with Crippen molar-refractivity contribution in [1.82, 2.24) is 4.90 Å². The Hall–Kier alpha value is -0.170. The van der Waals surface area contributed by atoms with E-state index in [1.165, 1.54) is 51.4 Å². The van der Waals surface area contributed by atoms with Crippen LogP contribution in [0, 0.1) is 0 Å². The highest BCUT2D eigenvalue weighted by molar-refractivity contribution is 7.85. The Morgan fingerprint density at radius 2 is 1.39 bits per heavy atom. The van der Waals surface area contributed by atoms with Crippen LogP contribution in [0.3, 0.4) is 0 Å². The number of nitrogens with zero attached hydrogens (tertiary/aromatic N) is 1. The van der Waals surface area contributed by atoms with Gasteiger partial charge in [0.15, 0.2) is 0 Å². The van der Waals surface area contributed by atoms with Crippen LogP contribution in [-0.4, -0.2) is 55.0 Å². The van der Waals surface area contributed by atoms with Gasteiger partial charge in [0.05, 0.1) is 11.9 Å². The summed E-state index contributed by atoms with van der Waals surface area (Å²) in [7, 11) is -2.16. The van der Waals surface area contributed by atoms with Crippen molar-refractivity contribution in [2.45, 2.75) is 83.7 Å². The monoisotopic (exact) mass is 351 g/mol. The molecule has 1 atom stereocenters. The molecule has 0 saturated heterocycles. The summed E-state index contributed by atoms with van der Waals surface area (Å²) in [6.07, 6.45) is 13.1. The lowest BCUT2D eigenvalue weighted by Crippen LogP contribution is -2.32. The lowest BCUT2D eigenvalue weighted by molar-refractivity contribution is 0.117. The molecule has 0 amide bonds. The van der Waals surface area contributed by atoms with Gasteiger partial charge in [-0.15, -0.1) is 0 Å². The topological polar surface area (TPSA) is 77.8 Å². The molecule has 0 bridgehead atoms. The van der Waals surface area contributed by atoms with Gasteiger partial charge < -0.3 is 10.0 Å². The first-order valence-corrected chi connectivity index (χ1v) is 10.8. The number of unbranched alkanes of at least 4 members (excludes halogenated alkanes) is 9. The van der Waals surface area contributed by atoms with Gasteiger partial charge in [0, 0.05) is 13.1 Å². The molecule has 0 fully saturated rings. The molecule has 0 aromatic heterocycles. The van der Waals surface area contributed by atoms with Crippen LogP contribution in [-0.2, 0) is 10.1 Å². The normalized spacial score (nSPS) is 13.6. The third-order valence-corrected chi connectivity index (χ3v) is 4.84. The van der Waals surface area contributed by atoms with E-state index in [1.54, 1.807) is 11.9 Å². The average molecular weight is 352 g/mol. The van der Waals surface area contributed by atoms with Crippen molar-refractivity contribution in [2.75, 3.05) is 25.9 Å². The third kappa shape index (κ3) is 18.0. The molecular formula is C17H37NO4S. The van der Waals surface area contributed by atoms with Crippen molar-refractivity contribution in [2.24, 2.45) is 0 Å². The Balaban J connectivity index is 3.41. The van der Waals surface area contributed by atoms with Crippen LogP contribution < -0.4 is 0 Å². The van der Waals surface area contributed by atoms with Crippen molar-refractivity contribution in [3.05, 3.63) is 0 Å². The van der Waals surface area contributed by atoms with E-state index in [0.29, 0.717) is 6.54 Å². The smallest absolute Gasteiger partial charge is 0.266 e. The first-order chi connectivity index (χ1) is 10.8. The number of rotatable bonds is 16. The first-order valence-electron chi connectivity index (χ1n) is 9.17. The number of hydrogen-bond acceptors (Lipinski definition) is 4. The summed E-state index contributed by atoms with van der Waals surface area (Å²) in [5.74, 6) is -0.283. The molecule has 140 valence electrons. The van der Waals surface area contributed by atoms with Gasteiger partial charge in [-0.05, 0) is 13.5 Å². The van der Waals surface area contributed by atoms with Crippen LogP contribution in [0.15, 0.2) is 0 Å². The van der Waals surface area contributed by atoms with E-state index in [1.807, 2.05) is 0 Å². The summed E-state index contributed by atoms with van der Waals surface area (Å²) in [6.45, 7) is 2.93. The maximum absolute atomic E-state index is 10.7. The minimum atomic E-state index is -3.92. The predicted octanol–water partition coefficient (Wildman–Crippen LogP) is 3.48. The quantitative estimate of drug-likeness (QED) is 0.329. The van der Waals surface area contributed by atoms with E-state index < -0.39 is 16.2 Å². The van der Waals surface area contributed by atoms with Crippen molar-refractivity contribution < 1.29 is 18.1 Å². The summed E-state index contributed by atoms with van der Waals surface area (Å²) in [5.41, 5.74) is 0. The molecule has 0 radical (unpaired) electrons. The highest BCUT2D eigenvalue weighted by Gasteiger charge is 2.11. The fourth-order valence-corrected chi connectivity index (χ4v) is 3.22. The Labute approximate surface area is 143 Å². The minimum Gasteiger partial charge on any atom is -0.392 e. The van der Waals surface area contributed by atoms with E-state index >= 15 is 0 Å². The van der Waals surface area contributed by atoms with Gasteiger partial charge in [0.25, 0.3) is 10.1 Å². The lowest BCUT2D eigenvalue weighted by Gasteiger charge is -2.19. The second-order valence-electron chi connectivity index (χ2n) is 6.67. The van der Waals surface area contributed by atoms with E-state index in [-0.39, 0.29) is 12.3 Å². The third-order valence-electron chi connectivity index (χ3n) is 4.14. The molecule has 0 aliphatic carbocycles. The summed E-state index contributed by atoms with van der Waals surface area (Å²) in [5, 5.41) is 9.92. The molecule has 5 nitrogen and oxygen atoms in total. The second-order valence-corrected chi connectivity index (χ2v) is 8.24. The molecule has 1 unspecified atom stereocenters.